The van der Waals surface area contributed by atoms with E-state index in [1.54, 1.807) is 0 Å². The van der Waals surface area contributed by atoms with Gasteiger partial charge in [0.2, 0.25) is 0 Å². The second kappa shape index (κ2) is 6.30. The van der Waals surface area contributed by atoms with Gasteiger partial charge < -0.3 is 14.4 Å². The SMILES string of the molecule is Cn1c(C(F)(F)F)cc(=O)n(-c2ccc3onc(OCC(=O)O)c3c2)c1=O. The van der Waals surface area contributed by atoms with Crippen LogP contribution in [0.1, 0.15) is 5.69 Å². The van der Waals surface area contributed by atoms with Gasteiger partial charge in [-0.2, -0.15) is 13.2 Å². The summed E-state index contributed by atoms with van der Waals surface area (Å²) in [6, 6.07) is 4.11. The molecule has 9 nitrogen and oxygen atoms in total. The predicted molar refractivity (Wildman–Crippen MR) is 83.0 cm³/mol. The van der Waals surface area contributed by atoms with Gasteiger partial charge in [-0.15, -0.1) is 0 Å². The van der Waals surface area contributed by atoms with Crippen LogP contribution in [0.4, 0.5) is 13.2 Å². The van der Waals surface area contributed by atoms with Gasteiger partial charge in [-0.25, -0.2) is 14.2 Å². The van der Waals surface area contributed by atoms with E-state index in [9.17, 15) is 27.6 Å². The fourth-order valence-corrected chi connectivity index (χ4v) is 2.41. The number of carboxylic acids is 1. The van der Waals surface area contributed by atoms with Crippen molar-refractivity contribution in [2.45, 2.75) is 6.18 Å². The van der Waals surface area contributed by atoms with Crippen LogP contribution in [0.15, 0.2) is 38.4 Å². The van der Waals surface area contributed by atoms with Gasteiger partial charge >= 0.3 is 17.8 Å². The molecule has 2 heterocycles. The molecule has 0 fully saturated rings. The zero-order valence-corrected chi connectivity index (χ0v) is 13.5. The molecule has 0 spiro atoms. The summed E-state index contributed by atoms with van der Waals surface area (Å²) in [4.78, 5) is 35.0. The quantitative estimate of drug-likeness (QED) is 0.716. The van der Waals surface area contributed by atoms with Crippen molar-refractivity contribution < 1.29 is 32.3 Å². The molecule has 142 valence electrons. The number of hydrogen-bond acceptors (Lipinski definition) is 6. The highest BCUT2D eigenvalue weighted by molar-refractivity contribution is 5.84. The van der Waals surface area contributed by atoms with Crippen molar-refractivity contribution >= 4 is 16.9 Å². The standard InChI is InChI=1S/C15H10F3N3O6/c1-20-10(15(16,17)18)5-11(22)21(14(20)25)7-2-3-9-8(4-7)13(19-27-9)26-6-12(23)24/h2-5H,6H2,1H3,(H,23,24). The topological polar surface area (TPSA) is 117 Å². The second-order valence-electron chi connectivity index (χ2n) is 5.39. The maximum Gasteiger partial charge on any atom is 0.431 e. The number of hydrogen-bond donors (Lipinski definition) is 1. The summed E-state index contributed by atoms with van der Waals surface area (Å²) in [5.74, 6) is -1.47. The summed E-state index contributed by atoms with van der Waals surface area (Å²) in [6.07, 6.45) is -4.87. The van der Waals surface area contributed by atoms with Crippen LogP contribution < -0.4 is 16.0 Å². The molecule has 0 aliphatic heterocycles. The van der Waals surface area contributed by atoms with E-state index < -0.39 is 35.7 Å². The van der Waals surface area contributed by atoms with Gasteiger partial charge in [0.25, 0.3) is 11.4 Å². The van der Waals surface area contributed by atoms with Gasteiger partial charge in [-0.3, -0.25) is 9.36 Å². The lowest BCUT2D eigenvalue weighted by Crippen LogP contribution is -2.40. The number of fused-ring (bicyclic) bond motifs is 1. The van der Waals surface area contributed by atoms with E-state index in [1.165, 1.54) is 18.2 Å². The normalized spacial score (nSPS) is 11.7. The Balaban J connectivity index is 2.17. The van der Waals surface area contributed by atoms with Gasteiger partial charge in [0.15, 0.2) is 12.2 Å². The Morgan fingerprint density at radius 3 is 2.63 bits per heavy atom. The van der Waals surface area contributed by atoms with Crippen LogP contribution in [0.5, 0.6) is 5.88 Å². The summed E-state index contributed by atoms with van der Waals surface area (Å²) in [7, 11) is 0.889. The number of carboxylic acid groups (broad SMARTS) is 1. The van der Waals surface area contributed by atoms with Crippen LogP contribution in [-0.2, 0) is 18.0 Å². The highest BCUT2D eigenvalue weighted by atomic mass is 19.4. The lowest BCUT2D eigenvalue weighted by molar-refractivity contribution is -0.144. The average Bonchev–Trinajstić information content (AvgIpc) is 2.98. The Bertz CT molecular complexity index is 1160. The van der Waals surface area contributed by atoms with E-state index in [0.717, 1.165) is 7.05 Å². The monoisotopic (exact) mass is 385 g/mol. The Morgan fingerprint density at radius 1 is 1.30 bits per heavy atom. The Labute approximate surface area is 146 Å². The molecule has 0 saturated carbocycles. The highest BCUT2D eigenvalue weighted by Gasteiger charge is 2.35. The van der Waals surface area contributed by atoms with Crippen molar-refractivity contribution in [1.29, 1.82) is 0 Å². The van der Waals surface area contributed by atoms with Gasteiger partial charge in [-0.1, -0.05) is 0 Å². The van der Waals surface area contributed by atoms with E-state index in [-0.39, 0.29) is 22.5 Å². The van der Waals surface area contributed by atoms with Crippen molar-refractivity contribution in [2.24, 2.45) is 7.05 Å². The second-order valence-corrected chi connectivity index (χ2v) is 5.39. The number of ether oxygens (including phenoxy) is 1. The molecule has 12 heteroatoms. The molecule has 3 rings (SSSR count). The zero-order valence-electron chi connectivity index (χ0n) is 13.5. The summed E-state index contributed by atoms with van der Waals surface area (Å²) in [5.41, 5.74) is -3.68. The first-order chi connectivity index (χ1) is 12.6. The Morgan fingerprint density at radius 2 is 2.00 bits per heavy atom. The molecule has 1 N–H and O–H groups in total. The van der Waals surface area contributed by atoms with Gasteiger partial charge in [0.05, 0.1) is 11.1 Å². The van der Waals surface area contributed by atoms with Gasteiger partial charge in [0.1, 0.15) is 5.69 Å². The summed E-state index contributed by atoms with van der Waals surface area (Å²) < 4.78 is 49.5. The summed E-state index contributed by atoms with van der Waals surface area (Å²) in [6.45, 7) is -0.714. The molecule has 0 aliphatic rings. The Kier molecular flexibility index (Phi) is 4.25. The lowest BCUT2D eigenvalue weighted by Gasteiger charge is -2.13. The summed E-state index contributed by atoms with van der Waals surface area (Å²) in [5, 5.41) is 12.3. The first kappa shape index (κ1) is 18.2. The minimum absolute atomic E-state index is 0.0646. The molecule has 0 bridgehead atoms. The molecule has 2 aromatic heterocycles. The van der Waals surface area contributed by atoms with Crippen LogP contribution in [0, 0.1) is 0 Å². The van der Waals surface area contributed by atoms with Crippen molar-refractivity contribution in [1.82, 2.24) is 14.3 Å². The number of nitrogens with zero attached hydrogens (tertiary/aromatic N) is 3. The molecular weight excluding hydrogens is 375 g/mol. The maximum absolute atomic E-state index is 12.9. The first-order valence-electron chi connectivity index (χ1n) is 7.24. The third kappa shape index (κ3) is 3.28. The molecule has 0 radical (unpaired) electrons. The van der Waals surface area contributed by atoms with Crippen LogP contribution in [0.2, 0.25) is 0 Å². The molecule has 0 unspecified atom stereocenters. The van der Waals surface area contributed by atoms with Crippen LogP contribution in [0.25, 0.3) is 16.7 Å². The fourth-order valence-electron chi connectivity index (χ4n) is 2.41. The van der Waals surface area contributed by atoms with Gasteiger partial charge in [0, 0.05) is 13.1 Å². The number of benzene rings is 1. The molecular formula is C15H10F3N3O6. The predicted octanol–water partition coefficient (Wildman–Crippen LogP) is 1.16. The van der Waals surface area contributed by atoms with E-state index in [0.29, 0.717) is 15.2 Å². The van der Waals surface area contributed by atoms with Crippen molar-refractivity contribution in [3.8, 4) is 11.6 Å². The number of rotatable bonds is 4. The molecule has 1 aromatic carbocycles. The third-order valence-corrected chi connectivity index (χ3v) is 3.62. The molecule has 0 saturated heterocycles. The number of carbonyl (C=O) groups is 1. The van der Waals surface area contributed by atoms with Crippen molar-refractivity contribution in [3.63, 3.8) is 0 Å². The van der Waals surface area contributed by atoms with Crippen LogP contribution in [-0.4, -0.2) is 32.0 Å². The number of aromatic nitrogens is 3. The molecule has 0 atom stereocenters. The third-order valence-electron chi connectivity index (χ3n) is 3.62. The van der Waals surface area contributed by atoms with Crippen molar-refractivity contribution in [2.75, 3.05) is 6.61 Å². The van der Waals surface area contributed by atoms with E-state index in [1.807, 2.05) is 0 Å². The number of aliphatic carboxylic acids is 1. The molecule has 0 aliphatic carbocycles. The smallest absolute Gasteiger partial charge is 0.431 e. The molecule has 0 amide bonds. The lowest BCUT2D eigenvalue weighted by atomic mass is 10.2. The fraction of sp³-hybridized carbons (Fsp3) is 0.200. The van der Waals surface area contributed by atoms with Crippen LogP contribution in [0.3, 0.4) is 0 Å². The minimum atomic E-state index is -4.87. The molecule has 3 aromatic rings. The van der Waals surface area contributed by atoms with Gasteiger partial charge in [-0.05, 0) is 23.4 Å². The van der Waals surface area contributed by atoms with Crippen molar-refractivity contribution in [3.05, 3.63) is 50.8 Å². The largest absolute Gasteiger partial charge is 0.479 e. The van der Waals surface area contributed by atoms with Crippen LogP contribution >= 0.6 is 0 Å². The highest BCUT2D eigenvalue weighted by Crippen LogP contribution is 2.28. The maximum atomic E-state index is 12.9. The zero-order chi connectivity index (χ0) is 19.9. The number of alkyl halides is 3. The van der Waals surface area contributed by atoms with E-state index >= 15 is 0 Å². The summed E-state index contributed by atoms with van der Waals surface area (Å²) >= 11 is 0. The molecule has 27 heavy (non-hydrogen) atoms. The van der Waals surface area contributed by atoms with E-state index in [4.69, 9.17) is 14.4 Å². The van der Waals surface area contributed by atoms with E-state index in [2.05, 4.69) is 5.16 Å². The Hall–Kier alpha value is -3.57. The average molecular weight is 385 g/mol. The number of halogens is 3. The first-order valence-corrected chi connectivity index (χ1v) is 7.24. The minimum Gasteiger partial charge on any atom is -0.479 e.